The van der Waals surface area contributed by atoms with Gasteiger partial charge >= 0.3 is 5.97 Å². The lowest BCUT2D eigenvalue weighted by Gasteiger charge is -2.08. The third-order valence-electron chi connectivity index (χ3n) is 4.51. The summed E-state index contributed by atoms with van der Waals surface area (Å²) in [4.78, 5) is 20.8. The van der Waals surface area contributed by atoms with Gasteiger partial charge in [0.15, 0.2) is 0 Å². The van der Waals surface area contributed by atoms with E-state index in [-0.39, 0.29) is 18.3 Å². The average Bonchev–Trinajstić information content (AvgIpc) is 3.26. The van der Waals surface area contributed by atoms with Crippen LogP contribution in [0.5, 0.6) is 5.75 Å². The van der Waals surface area contributed by atoms with Gasteiger partial charge in [0.2, 0.25) is 5.82 Å². The largest absolute Gasteiger partial charge is 0.491 e. The van der Waals surface area contributed by atoms with Crippen LogP contribution < -0.4 is 4.74 Å². The number of hydrogen-bond donors (Lipinski definition) is 1. The Kier molecular flexibility index (Phi) is 4.39. The number of hydrogen-bond acceptors (Lipinski definition) is 6. The number of carbonyl (C=O) groups excluding carboxylic acids is 1. The summed E-state index contributed by atoms with van der Waals surface area (Å²) in [6.45, 7) is 5.31. The highest BCUT2D eigenvalue weighted by molar-refractivity contribution is 5.74. The minimum Gasteiger partial charge on any atom is -0.491 e. The number of fused-ring (bicyclic) bond motifs is 3. The predicted molar refractivity (Wildman–Crippen MR) is 98.3 cm³/mol. The van der Waals surface area contributed by atoms with Crippen molar-refractivity contribution in [1.29, 1.82) is 0 Å². The molecule has 0 spiro atoms. The molecule has 3 aromatic rings. The van der Waals surface area contributed by atoms with Crippen LogP contribution >= 0.6 is 0 Å². The minimum absolute atomic E-state index is 0.210. The Morgan fingerprint density at radius 3 is 2.96 bits per heavy atom. The van der Waals surface area contributed by atoms with Crippen LogP contribution in [0.15, 0.2) is 24.4 Å². The molecule has 0 radical (unpaired) electrons. The van der Waals surface area contributed by atoms with E-state index in [1.165, 1.54) is 7.11 Å². The molecule has 0 amide bonds. The molecule has 0 unspecified atom stereocenters. The highest BCUT2D eigenvalue weighted by Gasteiger charge is 2.21. The second-order valence-electron chi connectivity index (χ2n) is 6.77. The smallest absolute Gasteiger partial charge is 0.309 e. The van der Waals surface area contributed by atoms with E-state index in [1.54, 1.807) is 0 Å². The zero-order valence-electron chi connectivity index (χ0n) is 15.5. The van der Waals surface area contributed by atoms with Gasteiger partial charge in [-0.2, -0.15) is 5.10 Å². The topological polar surface area (TPSA) is 94.9 Å². The molecule has 8 heteroatoms. The molecule has 27 heavy (non-hydrogen) atoms. The Bertz CT molecular complexity index is 989. The first kappa shape index (κ1) is 17.3. The van der Waals surface area contributed by atoms with Crippen LogP contribution in [0.3, 0.4) is 0 Å². The second kappa shape index (κ2) is 6.86. The molecule has 1 aliphatic heterocycles. The van der Waals surface area contributed by atoms with Gasteiger partial charge in [0.05, 0.1) is 25.6 Å². The molecule has 8 nitrogen and oxygen atoms in total. The van der Waals surface area contributed by atoms with Crippen molar-refractivity contribution in [2.45, 2.75) is 32.7 Å². The Labute approximate surface area is 156 Å². The van der Waals surface area contributed by atoms with E-state index in [9.17, 15) is 4.79 Å². The number of imidazole rings is 1. The summed E-state index contributed by atoms with van der Waals surface area (Å²) < 4.78 is 12.7. The SMILES string of the molecule is COC(=O)Cc1ccc2c(c1)OCCn1cc(-c3n[nH]c(C(C)C)n3)nc1-2. The minimum atomic E-state index is -0.280. The summed E-state index contributed by atoms with van der Waals surface area (Å²) in [5, 5.41) is 7.26. The maximum absolute atomic E-state index is 11.5. The third kappa shape index (κ3) is 3.30. The monoisotopic (exact) mass is 367 g/mol. The van der Waals surface area contributed by atoms with E-state index >= 15 is 0 Å². The van der Waals surface area contributed by atoms with Crippen molar-refractivity contribution in [1.82, 2.24) is 24.7 Å². The van der Waals surface area contributed by atoms with Gasteiger partial charge in [-0.05, 0) is 17.7 Å². The Hall–Kier alpha value is -3.16. The van der Waals surface area contributed by atoms with Gasteiger partial charge < -0.3 is 14.0 Å². The molecule has 0 atom stereocenters. The molecule has 0 saturated carbocycles. The molecule has 2 aromatic heterocycles. The normalized spacial score (nSPS) is 12.9. The van der Waals surface area contributed by atoms with Crippen LogP contribution in [0.25, 0.3) is 22.9 Å². The molecule has 140 valence electrons. The van der Waals surface area contributed by atoms with Gasteiger partial charge in [-0.25, -0.2) is 9.97 Å². The number of H-pyrrole nitrogens is 1. The zero-order valence-corrected chi connectivity index (χ0v) is 15.5. The van der Waals surface area contributed by atoms with E-state index in [2.05, 4.69) is 29.0 Å². The van der Waals surface area contributed by atoms with Gasteiger partial charge in [0.1, 0.15) is 29.7 Å². The molecule has 0 bridgehead atoms. The number of ether oxygens (including phenoxy) is 2. The number of methoxy groups -OCH3 is 1. The number of aromatic nitrogens is 5. The fraction of sp³-hybridized carbons (Fsp3) is 0.368. The zero-order chi connectivity index (χ0) is 19.0. The average molecular weight is 367 g/mol. The summed E-state index contributed by atoms with van der Waals surface area (Å²) in [6, 6.07) is 5.70. The van der Waals surface area contributed by atoms with Crippen LogP contribution in [0.4, 0.5) is 0 Å². The second-order valence-corrected chi connectivity index (χ2v) is 6.77. The van der Waals surface area contributed by atoms with Crippen LogP contribution in [-0.2, 0) is 22.5 Å². The summed E-state index contributed by atoms with van der Waals surface area (Å²) in [7, 11) is 1.38. The van der Waals surface area contributed by atoms with Crippen molar-refractivity contribution < 1.29 is 14.3 Å². The van der Waals surface area contributed by atoms with Crippen molar-refractivity contribution >= 4 is 5.97 Å². The highest BCUT2D eigenvalue weighted by Crippen LogP contribution is 2.34. The Balaban J connectivity index is 1.70. The molecule has 3 heterocycles. The number of rotatable bonds is 4. The Morgan fingerprint density at radius 2 is 2.22 bits per heavy atom. The standard InChI is InChI=1S/C19H21N5O3/c1-11(2)17-21-18(23-22-17)14-10-24-6-7-27-15-8-12(9-16(25)26-3)4-5-13(15)19(24)20-14/h4-5,8,10-11H,6-7,9H2,1-3H3,(H,21,22,23). The third-order valence-corrected chi connectivity index (χ3v) is 4.51. The summed E-state index contributed by atoms with van der Waals surface area (Å²) in [5.41, 5.74) is 2.45. The van der Waals surface area contributed by atoms with Gasteiger partial charge in [-0.1, -0.05) is 19.9 Å². The number of esters is 1. The van der Waals surface area contributed by atoms with Gasteiger partial charge in [-0.3, -0.25) is 9.89 Å². The molecule has 4 rings (SSSR count). The van der Waals surface area contributed by atoms with E-state index in [4.69, 9.17) is 14.5 Å². The molecular weight excluding hydrogens is 346 g/mol. The van der Waals surface area contributed by atoms with E-state index in [0.29, 0.717) is 24.7 Å². The van der Waals surface area contributed by atoms with Crippen molar-refractivity contribution in [3.05, 3.63) is 35.8 Å². The van der Waals surface area contributed by atoms with Gasteiger partial charge in [0, 0.05) is 12.1 Å². The highest BCUT2D eigenvalue weighted by atomic mass is 16.5. The molecule has 1 aromatic carbocycles. The van der Waals surface area contributed by atoms with Crippen molar-refractivity contribution in [2.75, 3.05) is 13.7 Å². The first-order chi connectivity index (χ1) is 13.0. The summed E-state index contributed by atoms with van der Waals surface area (Å²) >= 11 is 0. The Morgan fingerprint density at radius 1 is 1.37 bits per heavy atom. The van der Waals surface area contributed by atoms with E-state index in [0.717, 1.165) is 28.5 Å². The fourth-order valence-electron chi connectivity index (χ4n) is 3.03. The fourth-order valence-corrected chi connectivity index (χ4v) is 3.03. The summed E-state index contributed by atoms with van der Waals surface area (Å²) in [6.07, 6.45) is 2.16. The quantitative estimate of drug-likeness (QED) is 0.712. The summed E-state index contributed by atoms with van der Waals surface area (Å²) in [5.74, 6) is 2.93. The molecule has 1 N–H and O–H groups in total. The van der Waals surface area contributed by atoms with Crippen LogP contribution in [-0.4, -0.2) is 44.4 Å². The molecular formula is C19H21N5O3. The predicted octanol–water partition coefficient (Wildman–Crippen LogP) is 2.57. The van der Waals surface area contributed by atoms with Crippen molar-refractivity contribution in [3.8, 4) is 28.7 Å². The molecule has 0 aliphatic carbocycles. The first-order valence-corrected chi connectivity index (χ1v) is 8.88. The molecule has 0 saturated heterocycles. The van der Waals surface area contributed by atoms with Crippen LogP contribution in [0.2, 0.25) is 0 Å². The lowest BCUT2D eigenvalue weighted by Crippen LogP contribution is -2.05. The first-order valence-electron chi connectivity index (χ1n) is 8.88. The van der Waals surface area contributed by atoms with E-state index < -0.39 is 0 Å². The van der Waals surface area contributed by atoms with Crippen molar-refractivity contribution in [2.24, 2.45) is 0 Å². The number of nitrogens with zero attached hydrogens (tertiary/aromatic N) is 4. The lowest BCUT2D eigenvalue weighted by atomic mass is 10.1. The molecule has 1 aliphatic rings. The number of carbonyl (C=O) groups is 1. The molecule has 0 fully saturated rings. The van der Waals surface area contributed by atoms with E-state index in [1.807, 2.05) is 29.0 Å². The number of aromatic amines is 1. The maximum Gasteiger partial charge on any atom is 0.309 e. The van der Waals surface area contributed by atoms with Gasteiger partial charge in [-0.15, -0.1) is 0 Å². The van der Waals surface area contributed by atoms with Gasteiger partial charge in [0.25, 0.3) is 0 Å². The van der Waals surface area contributed by atoms with Crippen molar-refractivity contribution in [3.63, 3.8) is 0 Å². The lowest BCUT2D eigenvalue weighted by molar-refractivity contribution is -0.139. The van der Waals surface area contributed by atoms with Crippen LogP contribution in [0, 0.1) is 0 Å². The maximum atomic E-state index is 11.5. The van der Waals surface area contributed by atoms with Crippen LogP contribution in [0.1, 0.15) is 31.2 Å². The number of benzene rings is 1. The number of nitrogens with one attached hydrogen (secondary N) is 1.